The zero-order valence-corrected chi connectivity index (χ0v) is 13.4. The Kier molecular flexibility index (Phi) is 10.2. The number of aldehydes is 1. The first-order valence-corrected chi connectivity index (χ1v) is 7.16. The summed E-state index contributed by atoms with van der Waals surface area (Å²) in [4.78, 5) is 44.3. The van der Waals surface area contributed by atoms with Gasteiger partial charge in [-0.15, -0.1) is 0 Å². The van der Waals surface area contributed by atoms with Gasteiger partial charge in [0, 0.05) is 12.5 Å². The lowest BCUT2D eigenvalue weighted by atomic mass is 10.2. The Morgan fingerprint density at radius 1 is 1.09 bits per heavy atom. The zero-order chi connectivity index (χ0) is 17.8. The van der Waals surface area contributed by atoms with Crippen molar-refractivity contribution < 1.29 is 33.8 Å². The smallest absolute Gasteiger partial charge is 0.331 e. The predicted octanol–water partition coefficient (Wildman–Crippen LogP) is 0.891. The van der Waals surface area contributed by atoms with Crippen molar-refractivity contribution in [2.45, 2.75) is 51.9 Å². The molecule has 7 nitrogen and oxygen atoms in total. The van der Waals surface area contributed by atoms with Crippen LogP contribution in [-0.2, 0) is 28.7 Å². The van der Waals surface area contributed by atoms with Crippen molar-refractivity contribution >= 4 is 24.0 Å². The largest absolute Gasteiger partial charge is 0.462 e. The van der Waals surface area contributed by atoms with E-state index in [0.717, 1.165) is 18.2 Å². The Bertz CT molecular complexity index is 477. The fourth-order valence-electron chi connectivity index (χ4n) is 1.46. The third-order valence-corrected chi connectivity index (χ3v) is 2.55. The monoisotopic (exact) mass is 326 g/mol. The maximum absolute atomic E-state index is 11.5. The van der Waals surface area contributed by atoms with Crippen molar-refractivity contribution in [3.05, 3.63) is 24.3 Å². The summed E-state index contributed by atoms with van der Waals surface area (Å²) in [5.41, 5.74) is 0. The van der Waals surface area contributed by atoms with Crippen molar-refractivity contribution in [3.8, 4) is 0 Å². The average molecular weight is 326 g/mol. The fourth-order valence-corrected chi connectivity index (χ4v) is 1.46. The molecule has 23 heavy (non-hydrogen) atoms. The Labute approximate surface area is 135 Å². The maximum Gasteiger partial charge on any atom is 0.331 e. The molecule has 0 aliphatic heterocycles. The van der Waals surface area contributed by atoms with Gasteiger partial charge in [0.2, 0.25) is 0 Å². The van der Waals surface area contributed by atoms with Crippen LogP contribution in [0.1, 0.15) is 33.6 Å². The standard InChI is InChI=1S/C16H22O7/c1-11(18)10-16(21)22-12(2)6-4-8-15(20)23-13(3)14(19)7-5-9-17/h4-5,7-9,11-13,18H,6,10H2,1-3H3/b7-5+,8-4+/t11-,12+,13+/m1/s1. The molecular formula is C16H22O7. The summed E-state index contributed by atoms with van der Waals surface area (Å²) in [6.07, 6.45) is 3.05. The summed E-state index contributed by atoms with van der Waals surface area (Å²) in [7, 11) is 0. The number of ether oxygens (including phenoxy) is 2. The van der Waals surface area contributed by atoms with Gasteiger partial charge in [0.1, 0.15) is 12.4 Å². The minimum atomic E-state index is -0.996. The molecule has 0 aliphatic carbocycles. The van der Waals surface area contributed by atoms with Gasteiger partial charge in [-0.3, -0.25) is 14.4 Å². The number of hydrogen-bond donors (Lipinski definition) is 1. The highest BCUT2D eigenvalue weighted by Gasteiger charge is 2.14. The van der Waals surface area contributed by atoms with Gasteiger partial charge in [-0.2, -0.15) is 0 Å². The second-order valence-corrected chi connectivity index (χ2v) is 4.97. The van der Waals surface area contributed by atoms with E-state index < -0.39 is 36.0 Å². The molecule has 0 heterocycles. The molecule has 0 rings (SSSR count). The summed E-state index contributed by atoms with van der Waals surface area (Å²) in [6.45, 7) is 4.52. The number of aliphatic hydroxyl groups is 1. The molecule has 0 saturated heterocycles. The first-order valence-electron chi connectivity index (χ1n) is 7.16. The van der Waals surface area contributed by atoms with Crippen molar-refractivity contribution in [1.29, 1.82) is 0 Å². The van der Waals surface area contributed by atoms with Gasteiger partial charge in [-0.1, -0.05) is 6.08 Å². The normalized spacial score (nSPS) is 15.1. The van der Waals surface area contributed by atoms with Crippen LogP contribution in [0.3, 0.4) is 0 Å². The fraction of sp³-hybridized carbons (Fsp3) is 0.500. The van der Waals surface area contributed by atoms with Crippen molar-refractivity contribution in [3.63, 3.8) is 0 Å². The van der Waals surface area contributed by atoms with E-state index in [1.165, 1.54) is 19.9 Å². The molecule has 1 N–H and O–H groups in total. The number of carbonyl (C=O) groups is 4. The summed E-state index contributed by atoms with van der Waals surface area (Å²) in [5, 5.41) is 9.04. The highest BCUT2D eigenvalue weighted by atomic mass is 16.5. The number of carbonyl (C=O) groups excluding carboxylic acids is 4. The third-order valence-electron chi connectivity index (χ3n) is 2.55. The molecule has 128 valence electrons. The quantitative estimate of drug-likeness (QED) is 0.361. The summed E-state index contributed by atoms with van der Waals surface area (Å²) in [5.74, 6) is -1.74. The second-order valence-electron chi connectivity index (χ2n) is 4.97. The number of hydrogen-bond acceptors (Lipinski definition) is 7. The number of aliphatic hydroxyl groups excluding tert-OH is 1. The van der Waals surface area contributed by atoms with Gasteiger partial charge in [0.15, 0.2) is 11.9 Å². The highest BCUT2D eigenvalue weighted by molar-refractivity contribution is 5.97. The molecule has 0 unspecified atom stereocenters. The molecular weight excluding hydrogens is 304 g/mol. The maximum atomic E-state index is 11.5. The van der Waals surface area contributed by atoms with E-state index in [1.54, 1.807) is 6.92 Å². The van der Waals surface area contributed by atoms with Gasteiger partial charge in [0.05, 0.1) is 12.5 Å². The molecule has 0 aromatic rings. The Hall–Kier alpha value is -2.28. The lowest BCUT2D eigenvalue weighted by Gasteiger charge is -2.12. The summed E-state index contributed by atoms with van der Waals surface area (Å²) >= 11 is 0. The molecule has 0 radical (unpaired) electrons. The molecule has 7 heteroatoms. The molecule has 0 bridgehead atoms. The van der Waals surface area contributed by atoms with E-state index in [2.05, 4.69) is 0 Å². The van der Waals surface area contributed by atoms with Crippen LogP contribution < -0.4 is 0 Å². The summed E-state index contributed by atoms with van der Waals surface area (Å²) in [6, 6.07) is 0. The lowest BCUT2D eigenvalue weighted by molar-refractivity contribution is -0.150. The van der Waals surface area contributed by atoms with Gasteiger partial charge in [-0.05, 0) is 32.9 Å². The van der Waals surface area contributed by atoms with Crippen molar-refractivity contribution in [1.82, 2.24) is 0 Å². The number of rotatable bonds is 10. The van der Waals surface area contributed by atoms with E-state index in [0.29, 0.717) is 6.29 Å². The second kappa shape index (κ2) is 11.3. The van der Waals surface area contributed by atoms with Gasteiger partial charge in [0.25, 0.3) is 0 Å². The van der Waals surface area contributed by atoms with Gasteiger partial charge < -0.3 is 14.6 Å². The lowest BCUT2D eigenvalue weighted by Crippen LogP contribution is -2.21. The van der Waals surface area contributed by atoms with Crippen LogP contribution in [0.25, 0.3) is 0 Å². The van der Waals surface area contributed by atoms with Crippen molar-refractivity contribution in [2.24, 2.45) is 0 Å². The Morgan fingerprint density at radius 2 is 1.74 bits per heavy atom. The third kappa shape index (κ3) is 11.0. The van der Waals surface area contributed by atoms with Crippen LogP contribution in [-0.4, -0.2) is 47.4 Å². The first kappa shape index (κ1) is 20.7. The predicted molar refractivity (Wildman–Crippen MR) is 81.4 cm³/mol. The Morgan fingerprint density at radius 3 is 2.30 bits per heavy atom. The van der Waals surface area contributed by atoms with Crippen LogP contribution in [0.5, 0.6) is 0 Å². The first-order chi connectivity index (χ1) is 10.8. The minimum absolute atomic E-state index is 0.0932. The molecule has 0 aliphatic rings. The van der Waals surface area contributed by atoms with E-state index in [9.17, 15) is 19.2 Å². The van der Waals surface area contributed by atoms with E-state index in [1.807, 2.05) is 0 Å². The van der Waals surface area contributed by atoms with E-state index >= 15 is 0 Å². The van der Waals surface area contributed by atoms with Gasteiger partial charge in [-0.25, -0.2) is 4.79 Å². The van der Waals surface area contributed by atoms with Crippen molar-refractivity contribution in [2.75, 3.05) is 0 Å². The van der Waals surface area contributed by atoms with Crippen LogP contribution in [0, 0.1) is 0 Å². The Balaban J connectivity index is 4.17. The molecule has 0 amide bonds. The summed E-state index contributed by atoms with van der Waals surface area (Å²) < 4.78 is 9.85. The van der Waals surface area contributed by atoms with Crippen LogP contribution in [0.2, 0.25) is 0 Å². The minimum Gasteiger partial charge on any atom is -0.462 e. The number of esters is 2. The molecule has 0 aromatic heterocycles. The highest BCUT2D eigenvalue weighted by Crippen LogP contribution is 2.03. The van der Waals surface area contributed by atoms with E-state index in [-0.39, 0.29) is 12.8 Å². The SMILES string of the molecule is C[C@H](OC(=O)/C=C/C[C@H](C)OC(=O)C[C@@H](C)O)C(=O)/C=C/C=O. The van der Waals surface area contributed by atoms with Gasteiger partial charge >= 0.3 is 11.9 Å². The molecule has 3 atom stereocenters. The van der Waals surface area contributed by atoms with Crippen LogP contribution in [0.4, 0.5) is 0 Å². The van der Waals surface area contributed by atoms with Crippen LogP contribution in [0.15, 0.2) is 24.3 Å². The molecule has 0 saturated carbocycles. The average Bonchev–Trinajstić information content (AvgIpc) is 2.43. The van der Waals surface area contributed by atoms with E-state index in [4.69, 9.17) is 14.6 Å². The topological polar surface area (TPSA) is 107 Å². The number of allylic oxidation sites excluding steroid dienone is 1. The molecule has 0 aromatic carbocycles. The molecule has 0 spiro atoms. The molecule has 0 fully saturated rings. The zero-order valence-electron chi connectivity index (χ0n) is 13.4. The van der Waals surface area contributed by atoms with Crippen LogP contribution >= 0.6 is 0 Å². The number of ketones is 1.